The number of cyclic esters (lactones) is 1. The molecule has 0 aromatic rings. The number of aliphatic hydroxyl groups excluding tert-OH is 3. The summed E-state index contributed by atoms with van der Waals surface area (Å²) < 4.78 is 4.46. The van der Waals surface area contributed by atoms with Gasteiger partial charge in [0.25, 0.3) is 0 Å². The van der Waals surface area contributed by atoms with Crippen molar-refractivity contribution < 1.29 is 24.9 Å². The molecule has 0 bridgehead atoms. The first kappa shape index (κ1) is 8.45. The topological polar surface area (TPSA) is 87.0 Å². The van der Waals surface area contributed by atoms with Crippen LogP contribution in [0.1, 0.15) is 6.92 Å². The molecule has 0 aliphatic carbocycles. The number of ether oxygens (including phenoxy) is 1. The Morgan fingerprint density at radius 1 is 1.55 bits per heavy atom. The van der Waals surface area contributed by atoms with Crippen molar-refractivity contribution in [3.63, 3.8) is 0 Å². The number of rotatable bonds is 1. The molecule has 11 heavy (non-hydrogen) atoms. The van der Waals surface area contributed by atoms with Crippen molar-refractivity contribution in [2.75, 3.05) is 0 Å². The third-order valence-corrected chi connectivity index (χ3v) is 1.63. The molecule has 0 amide bonds. The molecule has 0 radical (unpaired) electrons. The Morgan fingerprint density at radius 2 is 2.09 bits per heavy atom. The summed E-state index contributed by atoms with van der Waals surface area (Å²) in [4.78, 5) is 10.6. The number of esters is 1. The second-order valence-electron chi connectivity index (χ2n) is 2.58. The number of carbonyl (C=O) groups excluding carboxylic acids is 1. The Hall–Kier alpha value is -0.650. The summed E-state index contributed by atoms with van der Waals surface area (Å²) in [5, 5.41) is 26.8. The quantitative estimate of drug-likeness (QED) is 0.389. The number of carbonyl (C=O) groups is 1. The van der Waals surface area contributed by atoms with Gasteiger partial charge in [0.15, 0.2) is 12.2 Å². The van der Waals surface area contributed by atoms with Crippen LogP contribution in [-0.4, -0.2) is 45.7 Å². The van der Waals surface area contributed by atoms with Crippen molar-refractivity contribution >= 4 is 5.97 Å². The fraction of sp³-hybridized carbons (Fsp3) is 0.833. The van der Waals surface area contributed by atoms with Gasteiger partial charge in [-0.1, -0.05) is 0 Å². The molecular formula is C6H10O5. The smallest absolute Gasteiger partial charge is 0.338 e. The molecule has 1 rings (SSSR count). The normalized spacial score (nSPS) is 40.4. The second kappa shape index (κ2) is 2.77. The van der Waals surface area contributed by atoms with Crippen molar-refractivity contribution in [3.05, 3.63) is 0 Å². The largest absolute Gasteiger partial charge is 0.455 e. The predicted molar refractivity (Wildman–Crippen MR) is 33.6 cm³/mol. The van der Waals surface area contributed by atoms with Gasteiger partial charge in [-0.05, 0) is 6.92 Å². The molecule has 1 fully saturated rings. The minimum absolute atomic E-state index is 0.886. The van der Waals surface area contributed by atoms with Gasteiger partial charge in [-0.25, -0.2) is 4.79 Å². The van der Waals surface area contributed by atoms with E-state index >= 15 is 0 Å². The Labute approximate surface area is 63.2 Å². The highest BCUT2D eigenvalue weighted by atomic mass is 16.6. The molecular weight excluding hydrogens is 152 g/mol. The molecule has 5 heteroatoms. The minimum Gasteiger partial charge on any atom is -0.455 e. The van der Waals surface area contributed by atoms with E-state index in [9.17, 15) is 4.79 Å². The van der Waals surface area contributed by atoms with Crippen molar-refractivity contribution in [1.82, 2.24) is 0 Å². The maximum absolute atomic E-state index is 10.6. The maximum atomic E-state index is 10.6. The molecule has 1 heterocycles. The average Bonchev–Trinajstić information content (AvgIpc) is 2.17. The van der Waals surface area contributed by atoms with Crippen molar-refractivity contribution in [2.45, 2.75) is 31.3 Å². The van der Waals surface area contributed by atoms with Crippen LogP contribution < -0.4 is 0 Å². The molecule has 64 valence electrons. The van der Waals surface area contributed by atoms with E-state index in [2.05, 4.69) is 4.74 Å². The summed E-state index contributed by atoms with van der Waals surface area (Å²) in [6, 6.07) is 0. The molecule has 5 nitrogen and oxygen atoms in total. The second-order valence-corrected chi connectivity index (χ2v) is 2.58. The van der Waals surface area contributed by atoms with E-state index in [4.69, 9.17) is 15.3 Å². The standard InChI is InChI=1S/C6H10O5/c1-2(7)5-3(8)4(9)6(10)11-5/h2-5,7-9H,1H3. The summed E-state index contributed by atoms with van der Waals surface area (Å²) in [6.45, 7) is 1.37. The van der Waals surface area contributed by atoms with E-state index in [1.54, 1.807) is 0 Å². The lowest BCUT2D eigenvalue weighted by atomic mass is 10.1. The molecule has 0 saturated carbocycles. The van der Waals surface area contributed by atoms with Gasteiger partial charge < -0.3 is 20.1 Å². The van der Waals surface area contributed by atoms with Crippen molar-refractivity contribution in [3.8, 4) is 0 Å². The first-order valence-electron chi connectivity index (χ1n) is 3.28. The van der Waals surface area contributed by atoms with Crippen molar-refractivity contribution in [1.29, 1.82) is 0 Å². The van der Waals surface area contributed by atoms with Gasteiger partial charge in [0.1, 0.15) is 6.10 Å². The average molecular weight is 162 g/mol. The highest BCUT2D eigenvalue weighted by Crippen LogP contribution is 2.18. The van der Waals surface area contributed by atoms with Gasteiger partial charge in [-0.3, -0.25) is 0 Å². The molecule has 1 aliphatic heterocycles. The van der Waals surface area contributed by atoms with E-state index in [-0.39, 0.29) is 0 Å². The third kappa shape index (κ3) is 1.35. The Morgan fingerprint density at radius 3 is 2.27 bits per heavy atom. The Kier molecular flexibility index (Phi) is 2.12. The lowest BCUT2D eigenvalue weighted by Crippen LogP contribution is -2.37. The SMILES string of the molecule is CC(O)C1OC(=O)C(O)C1O. The zero-order valence-electron chi connectivity index (χ0n) is 5.97. The molecule has 1 aliphatic rings. The summed E-state index contributed by atoms with van der Waals surface area (Å²) in [5.41, 5.74) is 0. The highest BCUT2D eigenvalue weighted by molar-refractivity contribution is 5.77. The first-order valence-corrected chi connectivity index (χ1v) is 3.28. The van der Waals surface area contributed by atoms with E-state index in [1.807, 2.05) is 0 Å². The molecule has 1 saturated heterocycles. The van der Waals surface area contributed by atoms with Gasteiger partial charge in [0.05, 0.1) is 6.10 Å². The van der Waals surface area contributed by atoms with Crippen LogP contribution in [0.4, 0.5) is 0 Å². The van der Waals surface area contributed by atoms with Crippen LogP contribution in [0.3, 0.4) is 0 Å². The monoisotopic (exact) mass is 162 g/mol. The van der Waals surface area contributed by atoms with E-state index in [1.165, 1.54) is 6.92 Å². The number of hydrogen-bond acceptors (Lipinski definition) is 5. The molecule has 0 aromatic carbocycles. The van der Waals surface area contributed by atoms with E-state index < -0.39 is 30.4 Å². The van der Waals surface area contributed by atoms with Gasteiger partial charge in [-0.15, -0.1) is 0 Å². The third-order valence-electron chi connectivity index (χ3n) is 1.63. The Balaban J connectivity index is 2.67. The molecule has 4 unspecified atom stereocenters. The molecule has 0 aromatic heterocycles. The zero-order valence-corrected chi connectivity index (χ0v) is 5.97. The number of hydrogen-bond donors (Lipinski definition) is 3. The lowest BCUT2D eigenvalue weighted by Gasteiger charge is -2.15. The minimum atomic E-state index is -1.52. The van der Waals surface area contributed by atoms with Crippen LogP contribution in [0.15, 0.2) is 0 Å². The van der Waals surface area contributed by atoms with Gasteiger partial charge >= 0.3 is 5.97 Å². The van der Waals surface area contributed by atoms with E-state index in [0.29, 0.717) is 0 Å². The Bertz CT molecular complexity index is 166. The fourth-order valence-electron chi connectivity index (χ4n) is 0.976. The highest BCUT2D eigenvalue weighted by Gasteiger charge is 2.44. The lowest BCUT2D eigenvalue weighted by molar-refractivity contribution is -0.150. The van der Waals surface area contributed by atoms with Crippen LogP contribution >= 0.6 is 0 Å². The van der Waals surface area contributed by atoms with Crippen LogP contribution in [0, 0.1) is 0 Å². The predicted octanol–water partition coefficient (Wildman–Crippen LogP) is -1.99. The van der Waals surface area contributed by atoms with Crippen LogP contribution in [0.2, 0.25) is 0 Å². The number of aliphatic hydroxyl groups is 3. The summed E-state index contributed by atoms with van der Waals surface area (Å²) in [7, 11) is 0. The van der Waals surface area contributed by atoms with Crippen molar-refractivity contribution in [2.24, 2.45) is 0 Å². The fourth-order valence-corrected chi connectivity index (χ4v) is 0.976. The van der Waals surface area contributed by atoms with Gasteiger partial charge in [0.2, 0.25) is 0 Å². The van der Waals surface area contributed by atoms with Crippen LogP contribution in [0.5, 0.6) is 0 Å². The van der Waals surface area contributed by atoms with Crippen LogP contribution in [0.25, 0.3) is 0 Å². The van der Waals surface area contributed by atoms with E-state index in [0.717, 1.165) is 0 Å². The zero-order chi connectivity index (χ0) is 8.59. The summed E-state index contributed by atoms with van der Waals surface area (Å²) in [6.07, 6.45) is -4.80. The molecule has 3 N–H and O–H groups in total. The van der Waals surface area contributed by atoms with Gasteiger partial charge in [0, 0.05) is 0 Å². The molecule has 4 atom stereocenters. The maximum Gasteiger partial charge on any atom is 0.338 e. The van der Waals surface area contributed by atoms with Gasteiger partial charge in [-0.2, -0.15) is 0 Å². The summed E-state index contributed by atoms with van der Waals surface area (Å²) in [5.74, 6) is -0.886. The van der Waals surface area contributed by atoms with Crippen LogP contribution in [-0.2, 0) is 9.53 Å². The summed E-state index contributed by atoms with van der Waals surface area (Å²) >= 11 is 0. The first-order chi connectivity index (χ1) is 5.04. The molecule has 0 spiro atoms.